The number of carbonyl (C=O) groups is 2. The van der Waals surface area contributed by atoms with Crippen molar-refractivity contribution in [3.05, 3.63) is 30.3 Å². The van der Waals surface area contributed by atoms with Gasteiger partial charge >= 0.3 is 5.97 Å². The van der Waals surface area contributed by atoms with E-state index in [-0.39, 0.29) is 17.6 Å². The molecule has 1 atom stereocenters. The molecule has 0 bridgehead atoms. The Morgan fingerprint density at radius 3 is 2.64 bits per heavy atom. The number of H-pyrrole nitrogens is 1. The van der Waals surface area contributed by atoms with Crippen LogP contribution in [-0.4, -0.2) is 46.0 Å². The van der Waals surface area contributed by atoms with Crippen molar-refractivity contribution in [3.8, 4) is 11.4 Å². The fraction of sp³-hybridized carbons (Fsp3) is 0.412. The summed E-state index contributed by atoms with van der Waals surface area (Å²) in [5.74, 6) is 0.343. The van der Waals surface area contributed by atoms with Crippen LogP contribution in [0.15, 0.2) is 35.5 Å². The van der Waals surface area contributed by atoms with Crippen LogP contribution in [0.3, 0.4) is 0 Å². The standard InChI is InChI=1S/C17H22N4O3S/c1-11(2)9-13(16(23)24-3)18-14(22)10-25-17-19-15(20-21-17)12-7-5-4-6-8-12/h4-8,11,13H,9-10H2,1-3H3,(H,18,22)(H,19,20,21)/t13-/m0/s1. The number of nitrogens with one attached hydrogen (secondary N) is 2. The number of methoxy groups -OCH3 is 1. The highest BCUT2D eigenvalue weighted by Crippen LogP contribution is 2.18. The Balaban J connectivity index is 1.89. The van der Waals surface area contributed by atoms with Crippen molar-refractivity contribution in [1.29, 1.82) is 0 Å². The van der Waals surface area contributed by atoms with Gasteiger partial charge in [-0.25, -0.2) is 9.78 Å². The number of hydrogen-bond acceptors (Lipinski definition) is 6. The molecule has 0 saturated heterocycles. The molecule has 25 heavy (non-hydrogen) atoms. The predicted molar refractivity (Wildman–Crippen MR) is 95.9 cm³/mol. The van der Waals surface area contributed by atoms with Gasteiger partial charge in [0.2, 0.25) is 11.1 Å². The molecule has 8 heteroatoms. The molecule has 2 aromatic rings. The molecule has 0 aliphatic rings. The number of hydrogen-bond donors (Lipinski definition) is 2. The van der Waals surface area contributed by atoms with Crippen LogP contribution in [0.4, 0.5) is 0 Å². The van der Waals surface area contributed by atoms with E-state index in [0.717, 1.165) is 5.56 Å². The van der Waals surface area contributed by atoms with Gasteiger partial charge in [0.15, 0.2) is 5.82 Å². The second kappa shape index (κ2) is 9.22. The predicted octanol–water partition coefficient (Wildman–Crippen LogP) is 2.27. The van der Waals surface area contributed by atoms with E-state index in [2.05, 4.69) is 20.5 Å². The van der Waals surface area contributed by atoms with E-state index in [1.807, 2.05) is 44.2 Å². The number of ether oxygens (including phenoxy) is 1. The minimum atomic E-state index is -0.634. The van der Waals surface area contributed by atoms with Crippen molar-refractivity contribution in [2.75, 3.05) is 12.9 Å². The molecule has 1 heterocycles. The fourth-order valence-corrected chi connectivity index (χ4v) is 2.84. The zero-order valence-corrected chi connectivity index (χ0v) is 15.3. The number of amides is 1. The molecule has 0 saturated carbocycles. The van der Waals surface area contributed by atoms with Gasteiger partial charge in [-0.05, 0) is 12.3 Å². The summed E-state index contributed by atoms with van der Waals surface area (Å²) < 4.78 is 4.74. The van der Waals surface area contributed by atoms with Crippen LogP contribution in [0.2, 0.25) is 0 Å². The number of nitrogens with zero attached hydrogens (tertiary/aromatic N) is 2. The Morgan fingerprint density at radius 1 is 1.28 bits per heavy atom. The Hall–Kier alpha value is -2.35. The minimum absolute atomic E-state index is 0.123. The van der Waals surface area contributed by atoms with E-state index in [1.165, 1.54) is 18.9 Å². The molecule has 1 amide bonds. The summed E-state index contributed by atoms with van der Waals surface area (Å²) in [5, 5.41) is 10.1. The molecule has 1 aromatic heterocycles. The Labute approximate surface area is 150 Å². The highest BCUT2D eigenvalue weighted by atomic mass is 32.2. The number of thioether (sulfide) groups is 1. The Kier molecular flexibility index (Phi) is 7.00. The quantitative estimate of drug-likeness (QED) is 0.552. The average molecular weight is 362 g/mol. The number of esters is 1. The second-order valence-electron chi connectivity index (χ2n) is 5.89. The van der Waals surface area contributed by atoms with Gasteiger partial charge in [-0.1, -0.05) is 55.9 Å². The summed E-state index contributed by atoms with van der Waals surface area (Å²) >= 11 is 1.21. The number of aromatic nitrogens is 3. The number of aromatic amines is 1. The van der Waals surface area contributed by atoms with Gasteiger partial charge in [-0.15, -0.1) is 5.10 Å². The lowest BCUT2D eigenvalue weighted by Gasteiger charge is -2.17. The minimum Gasteiger partial charge on any atom is -0.467 e. The van der Waals surface area contributed by atoms with Crippen molar-refractivity contribution in [3.63, 3.8) is 0 Å². The first-order valence-corrected chi connectivity index (χ1v) is 8.96. The molecule has 0 unspecified atom stereocenters. The van der Waals surface area contributed by atoms with Crippen LogP contribution in [0, 0.1) is 5.92 Å². The largest absolute Gasteiger partial charge is 0.467 e. The maximum atomic E-state index is 12.1. The third-order valence-electron chi connectivity index (χ3n) is 3.37. The molecule has 2 N–H and O–H groups in total. The first-order valence-electron chi connectivity index (χ1n) is 7.97. The summed E-state index contributed by atoms with van der Waals surface area (Å²) in [6, 6.07) is 8.97. The average Bonchev–Trinajstić information content (AvgIpc) is 3.08. The summed E-state index contributed by atoms with van der Waals surface area (Å²) in [4.78, 5) is 28.2. The van der Waals surface area contributed by atoms with Crippen LogP contribution in [-0.2, 0) is 14.3 Å². The van der Waals surface area contributed by atoms with Crippen LogP contribution < -0.4 is 5.32 Å². The molecule has 7 nitrogen and oxygen atoms in total. The fourth-order valence-electron chi connectivity index (χ4n) is 2.23. The van der Waals surface area contributed by atoms with Gasteiger partial charge in [0, 0.05) is 5.56 Å². The normalized spacial score (nSPS) is 12.0. The molecular weight excluding hydrogens is 340 g/mol. The van der Waals surface area contributed by atoms with E-state index < -0.39 is 12.0 Å². The van der Waals surface area contributed by atoms with Crippen molar-refractivity contribution in [1.82, 2.24) is 20.5 Å². The van der Waals surface area contributed by atoms with Crippen LogP contribution >= 0.6 is 11.8 Å². The molecule has 2 rings (SSSR count). The molecule has 0 spiro atoms. The topological polar surface area (TPSA) is 97.0 Å². The van der Waals surface area contributed by atoms with Crippen molar-refractivity contribution in [2.24, 2.45) is 5.92 Å². The Morgan fingerprint density at radius 2 is 2.00 bits per heavy atom. The first kappa shape index (κ1) is 19.0. The maximum Gasteiger partial charge on any atom is 0.328 e. The summed E-state index contributed by atoms with van der Waals surface area (Å²) in [7, 11) is 1.31. The SMILES string of the molecule is COC(=O)[C@H](CC(C)C)NC(=O)CSc1n[nH]c(-c2ccccc2)n1. The molecular formula is C17H22N4O3S. The smallest absolute Gasteiger partial charge is 0.328 e. The lowest BCUT2D eigenvalue weighted by atomic mass is 10.0. The number of carbonyl (C=O) groups excluding carboxylic acids is 2. The van der Waals surface area contributed by atoms with Gasteiger partial charge in [0.1, 0.15) is 6.04 Å². The highest BCUT2D eigenvalue weighted by molar-refractivity contribution is 7.99. The highest BCUT2D eigenvalue weighted by Gasteiger charge is 2.22. The van der Waals surface area contributed by atoms with Crippen LogP contribution in [0.5, 0.6) is 0 Å². The van der Waals surface area contributed by atoms with Crippen molar-refractivity contribution in [2.45, 2.75) is 31.5 Å². The monoisotopic (exact) mass is 362 g/mol. The summed E-state index contributed by atoms with van der Waals surface area (Å²) in [5.41, 5.74) is 0.925. The number of benzene rings is 1. The van der Waals surface area contributed by atoms with Crippen LogP contribution in [0.25, 0.3) is 11.4 Å². The molecule has 0 aliphatic heterocycles. The van der Waals surface area contributed by atoms with E-state index in [9.17, 15) is 9.59 Å². The summed E-state index contributed by atoms with van der Waals surface area (Å²) in [6.45, 7) is 3.96. The van der Waals surface area contributed by atoms with E-state index in [4.69, 9.17) is 4.74 Å². The molecule has 0 radical (unpaired) electrons. The summed E-state index contributed by atoms with van der Waals surface area (Å²) in [6.07, 6.45) is 0.530. The zero-order valence-electron chi connectivity index (χ0n) is 14.5. The molecule has 134 valence electrons. The third-order valence-corrected chi connectivity index (χ3v) is 4.22. The Bertz CT molecular complexity index is 703. The maximum absolute atomic E-state index is 12.1. The van der Waals surface area contributed by atoms with Gasteiger partial charge in [-0.2, -0.15) is 0 Å². The molecule has 0 aliphatic carbocycles. The van der Waals surface area contributed by atoms with Crippen LogP contribution in [0.1, 0.15) is 20.3 Å². The first-order chi connectivity index (χ1) is 12.0. The van der Waals surface area contributed by atoms with Crippen molar-refractivity contribution < 1.29 is 14.3 Å². The second-order valence-corrected chi connectivity index (χ2v) is 6.84. The molecule has 0 fully saturated rings. The van der Waals surface area contributed by atoms with E-state index in [0.29, 0.717) is 17.4 Å². The van der Waals surface area contributed by atoms with E-state index >= 15 is 0 Å². The van der Waals surface area contributed by atoms with Gasteiger partial charge in [-0.3, -0.25) is 9.89 Å². The van der Waals surface area contributed by atoms with Gasteiger partial charge in [0.05, 0.1) is 12.9 Å². The van der Waals surface area contributed by atoms with Gasteiger partial charge < -0.3 is 10.1 Å². The van der Waals surface area contributed by atoms with Gasteiger partial charge in [0.25, 0.3) is 0 Å². The zero-order chi connectivity index (χ0) is 18.2. The van der Waals surface area contributed by atoms with E-state index in [1.54, 1.807) is 0 Å². The van der Waals surface area contributed by atoms with Crippen molar-refractivity contribution >= 4 is 23.6 Å². The third kappa shape index (κ3) is 5.90. The lowest BCUT2D eigenvalue weighted by Crippen LogP contribution is -2.43. The molecule has 1 aromatic carbocycles. The number of rotatable bonds is 8. The lowest BCUT2D eigenvalue weighted by molar-refractivity contribution is -0.145.